The Hall–Kier alpha value is -2.78. The van der Waals surface area contributed by atoms with Crippen LogP contribution >= 0.6 is 35.0 Å². The molecule has 4 rings (SSSR count). The van der Waals surface area contributed by atoms with Gasteiger partial charge in [-0.2, -0.15) is 4.98 Å². The van der Waals surface area contributed by atoms with Gasteiger partial charge >= 0.3 is 0 Å². The Bertz CT molecular complexity index is 1330. The second kappa shape index (κ2) is 10.4. The van der Waals surface area contributed by atoms with Crippen LogP contribution in [-0.2, 0) is 0 Å². The average Bonchev–Trinajstić information content (AvgIpc) is 2.81. The molecule has 0 amide bonds. The number of hydrogen-bond acceptors (Lipinski definition) is 7. The molecule has 0 unspecified atom stereocenters. The van der Waals surface area contributed by atoms with E-state index in [1.807, 2.05) is 24.3 Å². The first kappa shape index (κ1) is 23.4. The monoisotopic (exact) mass is 502 g/mol. The topological polar surface area (TPSA) is 89.3 Å². The summed E-state index contributed by atoms with van der Waals surface area (Å²) in [4.78, 5) is 28.5. The van der Waals surface area contributed by atoms with Crippen LogP contribution < -0.4 is 15.7 Å². The van der Waals surface area contributed by atoms with Gasteiger partial charge in [-0.15, -0.1) is 16.5 Å². The molecule has 0 saturated carbocycles. The van der Waals surface area contributed by atoms with Crippen LogP contribution in [0.2, 0.25) is 10.0 Å². The minimum atomic E-state index is -0.436. The number of thioether (sulfide) groups is 1. The zero-order valence-electron chi connectivity index (χ0n) is 17.6. The van der Waals surface area contributed by atoms with Gasteiger partial charge in [0.05, 0.1) is 15.6 Å². The lowest BCUT2D eigenvalue weighted by molar-refractivity contribution is 0.168. The summed E-state index contributed by atoms with van der Waals surface area (Å²) in [6, 6.07) is 14.5. The normalized spacial score (nSPS) is 11.0. The maximum atomic E-state index is 13.2. The smallest absolute Gasteiger partial charge is 0.293 e. The van der Waals surface area contributed by atoms with Gasteiger partial charge in [-0.05, 0) is 48.9 Å². The number of anilines is 2. The lowest BCUT2D eigenvalue weighted by atomic mass is 10.1. The molecule has 7 nitrogen and oxygen atoms in total. The number of aliphatic hydroxyl groups excluding tert-OH is 1. The number of benzene rings is 2. The lowest BCUT2D eigenvalue weighted by Gasteiger charge is -2.13. The first-order valence-corrected chi connectivity index (χ1v) is 11.8. The highest BCUT2D eigenvalue weighted by Gasteiger charge is 2.18. The third-order valence-electron chi connectivity index (χ3n) is 4.80. The predicted molar refractivity (Wildman–Crippen MR) is 134 cm³/mol. The maximum Gasteiger partial charge on any atom is 0.293 e. The summed E-state index contributed by atoms with van der Waals surface area (Å²) in [5.41, 5.74) is 1.39. The zero-order chi connectivity index (χ0) is 23.4. The number of nitrogens with zero attached hydrogens (tertiary/aromatic N) is 3. The summed E-state index contributed by atoms with van der Waals surface area (Å²) in [6.07, 6.45) is 2.36. The Balaban J connectivity index is 1.67. The third-order valence-corrected chi connectivity index (χ3v) is 6.53. The van der Waals surface area contributed by atoms with Gasteiger partial charge in [0.25, 0.3) is 5.56 Å². The number of aromatic nitrogens is 3. The molecule has 0 aliphatic rings. The van der Waals surface area contributed by atoms with Crippen molar-refractivity contribution in [3.8, 4) is 11.1 Å². The zero-order valence-corrected chi connectivity index (χ0v) is 19.9. The summed E-state index contributed by atoms with van der Waals surface area (Å²) in [6.45, 7) is 0.186. The highest BCUT2D eigenvalue weighted by atomic mass is 35.5. The molecule has 4 aromatic rings. The van der Waals surface area contributed by atoms with E-state index in [1.165, 1.54) is 7.11 Å². The van der Waals surface area contributed by atoms with E-state index in [1.54, 1.807) is 42.2 Å². The Morgan fingerprint density at radius 2 is 1.88 bits per heavy atom. The largest absolute Gasteiger partial charge is 0.412 e. The van der Waals surface area contributed by atoms with Crippen molar-refractivity contribution >= 4 is 57.6 Å². The van der Waals surface area contributed by atoms with E-state index in [-0.39, 0.29) is 6.61 Å². The highest BCUT2D eigenvalue weighted by Crippen LogP contribution is 2.33. The Morgan fingerprint density at radius 3 is 2.55 bits per heavy atom. The molecular formula is C23H20Cl2N4O3S. The number of halogens is 2. The maximum absolute atomic E-state index is 13.2. The summed E-state index contributed by atoms with van der Waals surface area (Å²) >= 11 is 14.3. The quantitative estimate of drug-likeness (QED) is 0.257. The molecule has 0 aliphatic carbocycles. The van der Waals surface area contributed by atoms with Gasteiger partial charge in [-0.3, -0.25) is 4.79 Å². The molecule has 0 spiro atoms. The summed E-state index contributed by atoms with van der Waals surface area (Å²) in [5, 5.41) is 13.3. The van der Waals surface area contributed by atoms with Crippen LogP contribution in [0.3, 0.4) is 0 Å². The van der Waals surface area contributed by atoms with E-state index in [9.17, 15) is 4.79 Å². The van der Waals surface area contributed by atoms with Crippen LogP contribution in [0.4, 0.5) is 11.6 Å². The van der Waals surface area contributed by atoms with Gasteiger partial charge < -0.3 is 15.3 Å². The molecule has 2 N–H and O–H groups in total. The molecule has 2 aromatic carbocycles. The number of fused-ring (bicyclic) bond motifs is 1. The molecule has 0 aliphatic heterocycles. The second-order valence-corrected chi connectivity index (χ2v) is 8.97. The van der Waals surface area contributed by atoms with Crippen molar-refractivity contribution in [2.75, 3.05) is 24.8 Å². The van der Waals surface area contributed by atoms with Crippen LogP contribution in [0.25, 0.3) is 22.2 Å². The van der Waals surface area contributed by atoms with Crippen LogP contribution in [0.1, 0.15) is 6.42 Å². The molecule has 0 atom stereocenters. The van der Waals surface area contributed by atoms with Gasteiger partial charge in [0.1, 0.15) is 7.11 Å². The van der Waals surface area contributed by atoms with Gasteiger partial charge in [0.15, 0.2) is 5.65 Å². The predicted octanol–water partition coefficient (Wildman–Crippen LogP) is 5.04. The first-order chi connectivity index (χ1) is 16.0. The Morgan fingerprint density at radius 1 is 1.15 bits per heavy atom. The molecule has 10 heteroatoms. The van der Waals surface area contributed by atoms with Crippen LogP contribution in [0.5, 0.6) is 0 Å². The van der Waals surface area contributed by atoms with Crippen molar-refractivity contribution in [3.05, 3.63) is 75.1 Å². The van der Waals surface area contributed by atoms with Crippen molar-refractivity contribution in [3.63, 3.8) is 0 Å². The van der Waals surface area contributed by atoms with E-state index in [4.69, 9.17) is 33.1 Å². The number of pyridine rings is 1. The van der Waals surface area contributed by atoms with Crippen LogP contribution in [-0.4, -0.2) is 39.3 Å². The standard InChI is InChI=1S/C23H20Cl2N4O3S/c1-32-29-21-14(12-17(22(29)31)20-18(24)4-2-5-19(20)25)13-26-23(28-21)27-15-6-8-16(9-7-15)33-11-3-10-30/h2,4-9,12-13,30H,3,10-11H2,1H3,(H,26,27,28). The second-order valence-electron chi connectivity index (χ2n) is 6.98. The molecule has 2 aromatic heterocycles. The number of rotatable bonds is 8. The van der Waals surface area contributed by atoms with E-state index < -0.39 is 5.56 Å². The minimum Gasteiger partial charge on any atom is -0.412 e. The fraction of sp³-hybridized carbons (Fsp3) is 0.174. The van der Waals surface area contributed by atoms with Gasteiger partial charge in [-0.1, -0.05) is 29.3 Å². The summed E-state index contributed by atoms with van der Waals surface area (Å²) < 4.78 is 1.10. The van der Waals surface area contributed by atoms with Crippen molar-refractivity contribution in [1.29, 1.82) is 0 Å². The first-order valence-electron chi connectivity index (χ1n) is 10.0. The van der Waals surface area contributed by atoms with Crippen LogP contribution in [0, 0.1) is 0 Å². The van der Waals surface area contributed by atoms with Crippen LogP contribution in [0.15, 0.2) is 64.4 Å². The Kier molecular flexibility index (Phi) is 7.39. The number of hydrogen-bond donors (Lipinski definition) is 2. The molecule has 2 heterocycles. The van der Waals surface area contributed by atoms with Crippen molar-refractivity contribution < 1.29 is 9.94 Å². The average molecular weight is 503 g/mol. The molecular weight excluding hydrogens is 483 g/mol. The minimum absolute atomic E-state index is 0.186. The van der Waals surface area contributed by atoms with E-state index in [2.05, 4.69) is 15.3 Å². The number of nitrogens with one attached hydrogen (secondary N) is 1. The van der Waals surface area contributed by atoms with Gasteiger partial charge in [0, 0.05) is 40.1 Å². The van der Waals surface area contributed by atoms with E-state index >= 15 is 0 Å². The van der Waals surface area contributed by atoms with Gasteiger partial charge in [0.2, 0.25) is 5.95 Å². The third kappa shape index (κ3) is 5.09. The molecule has 0 bridgehead atoms. The van der Waals surface area contributed by atoms with Crippen molar-refractivity contribution in [1.82, 2.24) is 14.7 Å². The fourth-order valence-electron chi connectivity index (χ4n) is 3.25. The fourth-order valence-corrected chi connectivity index (χ4v) is 4.69. The molecule has 170 valence electrons. The van der Waals surface area contributed by atoms with E-state index in [0.29, 0.717) is 38.2 Å². The van der Waals surface area contributed by atoms with Crippen molar-refractivity contribution in [2.24, 2.45) is 0 Å². The SMILES string of the molecule is COn1c(=O)c(-c2c(Cl)cccc2Cl)cc2cnc(Nc3ccc(SCCCO)cc3)nc21. The van der Waals surface area contributed by atoms with Gasteiger partial charge in [-0.25, -0.2) is 4.98 Å². The molecule has 0 radical (unpaired) electrons. The summed E-state index contributed by atoms with van der Waals surface area (Å²) in [7, 11) is 1.39. The Labute approximate surface area is 204 Å². The van der Waals surface area contributed by atoms with E-state index in [0.717, 1.165) is 27.5 Å². The van der Waals surface area contributed by atoms with Crippen molar-refractivity contribution in [2.45, 2.75) is 11.3 Å². The molecule has 0 fully saturated rings. The molecule has 0 saturated heterocycles. The molecule has 33 heavy (non-hydrogen) atoms. The summed E-state index contributed by atoms with van der Waals surface area (Å²) in [5.74, 6) is 1.17. The lowest BCUT2D eigenvalue weighted by Crippen LogP contribution is -2.27. The number of aliphatic hydroxyl groups is 1. The highest BCUT2D eigenvalue weighted by molar-refractivity contribution is 7.99.